The van der Waals surface area contributed by atoms with Crippen LogP contribution in [0.1, 0.15) is 5.69 Å². The van der Waals surface area contributed by atoms with Crippen LogP contribution < -0.4 is 5.32 Å². The molecule has 1 amide bonds. The predicted octanol–water partition coefficient (Wildman–Crippen LogP) is 3.82. The standard InChI is InChI=1S/C17H12ClN5O2S/c18-11-3-4-14(23-10-19-9-20-23)13(6-11)22-16(24)7-12-8-26-17(21-12)15-2-1-5-25-15/h1-6,8-10H,7H2,(H,22,24). The first kappa shape index (κ1) is 16.5. The number of nitrogens with zero attached hydrogens (tertiary/aromatic N) is 4. The highest BCUT2D eigenvalue weighted by Crippen LogP contribution is 2.26. The summed E-state index contributed by atoms with van der Waals surface area (Å²) in [5.41, 5.74) is 1.90. The summed E-state index contributed by atoms with van der Waals surface area (Å²) in [6.07, 6.45) is 4.70. The summed E-state index contributed by atoms with van der Waals surface area (Å²) in [7, 11) is 0. The molecule has 3 heterocycles. The van der Waals surface area contributed by atoms with E-state index in [9.17, 15) is 4.79 Å². The van der Waals surface area contributed by atoms with Crippen LogP contribution in [0.3, 0.4) is 0 Å². The Balaban J connectivity index is 1.51. The second kappa shape index (κ2) is 7.11. The number of furan rings is 1. The third-order valence-electron chi connectivity index (χ3n) is 3.52. The zero-order valence-electron chi connectivity index (χ0n) is 13.3. The fraction of sp³-hybridized carbons (Fsp3) is 0.0588. The Labute approximate surface area is 157 Å². The number of aromatic nitrogens is 4. The first-order valence-corrected chi connectivity index (χ1v) is 8.87. The predicted molar refractivity (Wildman–Crippen MR) is 98.5 cm³/mol. The summed E-state index contributed by atoms with van der Waals surface area (Å²) in [4.78, 5) is 20.8. The van der Waals surface area contributed by atoms with Crippen LogP contribution in [0.15, 0.2) is 59.0 Å². The number of carbonyl (C=O) groups excluding carboxylic acids is 1. The van der Waals surface area contributed by atoms with Crippen molar-refractivity contribution in [2.24, 2.45) is 0 Å². The summed E-state index contributed by atoms with van der Waals surface area (Å²) in [6.45, 7) is 0. The minimum Gasteiger partial charge on any atom is -0.462 e. The molecular weight excluding hydrogens is 374 g/mol. The van der Waals surface area contributed by atoms with Gasteiger partial charge in [0.2, 0.25) is 5.91 Å². The molecule has 0 saturated heterocycles. The summed E-state index contributed by atoms with van der Waals surface area (Å²) < 4.78 is 6.88. The van der Waals surface area contributed by atoms with Gasteiger partial charge in [0, 0.05) is 10.4 Å². The van der Waals surface area contributed by atoms with Crippen LogP contribution in [0, 0.1) is 0 Å². The fourth-order valence-electron chi connectivity index (χ4n) is 2.40. The van der Waals surface area contributed by atoms with Gasteiger partial charge in [-0.05, 0) is 30.3 Å². The quantitative estimate of drug-likeness (QED) is 0.564. The molecule has 130 valence electrons. The average molecular weight is 386 g/mol. The van der Waals surface area contributed by atoms with Gasteiger partial charge in [0.25, 0.3) is 0 Å². The van der Waals surface area contributed by atoms with E-state index in [1.807, 2.05) is 11.4 Å². The molecule has 0 radical (unpaired) electrons. The van der Waals surface area contributed by atoms with Crippen LogP contribution in [0.2, 0.25) is 5.02 Å². The van der Waals surface area contributed by atoms with Crippen molar-refractivity contribution < 1.29 is 9.21 Å². The zero-order chi connectivity index (χ0) is 17.9. The molecule has 4 aromatic rings. The van der Waals surface area contributed by atoms with Gasteiger partial charge in [0.1, 0.15) is 12.7 Å². The minimum absolute atomic E-state index is 0.139. The first-order chi connectivity index (χ1) is 12.7. The van der Waals surface area contributed by atoms with Crippen molar-refractivity contribution in [2.75, 3.05) is 5.32 Å². The number of thiazole rings is 1. The van der Waals surface area contributed by atoms with Gasteiger partial charge in [0.05, 0.1) is 29.8 Å². The minimum atomic E-state index is -0.204. The smallest absolute Gasteiger partial charge is 0.230 e. The van der Waals surface area contributed by atoms with E-state index < -0.39 is 0 Å². The molecule has 0 unspecified atom stereocenters. The Kier molecular flexibility index (Phi) is 4.51. The fourth-order valence-corrected chi connectivity index (χ4v) is 3.36. The Morgan fingerprint density at radius 2 is 2.27 bits per heavy atom. The highest BCUT2D eigenvalue weighted by atomic mass is 35.5. The number of anilines is 1. The molecule has 3 aromatic heterocycles. The number of carbonyl (C=O) groups is 1. The number of halogens is 1. The van der Waals surface area contributed by atoms with E-state index >= 15 is 0 Å². The maximum Gasteiger partial charge on any atom is 0.230 e. The second-order valence-electron chi connectivity index (χ2n) is 5.35. The van der Waals surface area contributed by atoms with E-state index in [-0.39, 0.29) is 12.3 Å². The molecule has 9 heteroatoms. The lowest BCUT2D eigenvalue weighted by molar-refractivity contribution is -0.115. The van der Waals surface area contributed by atoms with Crippen LogP contribution in [-0.4, -0.2) is 25.7 Å². The van der Waals surface area contributed by atoms with Gasteiger partial charge in [-0.1, -0.05) is 11.6 Å². The Morgan fingerprint density at radius 3 is 3.04 bits per heavy atom. The normalized spacial score (nSPS) is 10.8. The lowest BCUT2D eigenvalue weighted by Crippen LogP contribution is -2.16. The first-order valence-electron chi connectivity index (χ1n) is 7.62. The molecule has 0 bridgehead atoms. The van der Waals surface area contributed by atoms with Crippen molar-refractivity contribution in [1.82, 2.24) is 19.7 Å². The molecule has 4 rings (SSSR count). The van der Waals surface area contributed by atoms with Crippen molar-refractivity contribution in [2.45, 2.75) is 6.42 Å². The van der Waals surface area contributed by atoms with Crippen molar-refractivity contribution in [1.29, 1.82) is 0 Å². The van der Waals surface area contributed by atoms with Crippen molar-refractivity contribution in [3.05, 3.63) is 65.3 Å². The van der Waals surface area contributed by atoms with Gasteiger partial charge < -0.3 is 9.73 Å². The number of nitrogens with one attached hydrogen (secondary N) is 1. The lowest BCUT2D eigenvalue weighted by Gasteiger charge is -2.11. The number of hydrogen-bond donors (Lipinski definition) is 1. The number of benzene rings is 1. The van der Waals surface area contributed by atoms with Gasteiger partial charge >= 0.3 is 0 Å². The third kappa shape index (κ3) is 3.51. The molecule has 0 aliphatic carbocycles. The molecule has 0 atom stereocenters. The van der Waals surface area contributed by atoms with Crippen LogP contribution >= 0.6 is 22.9 Å². The van der Waals surface area contributed by atoms with Gasteiger partial charge in [0.15, 0.2) is 10.8 Å². The van der Waals surface area contributed by atoms with Gasteiger partial charge in [-0.15, -0.1) is 11.3 Å². The highest BCUT2D eigenvalue weighted by Gasteiger charge is 2.13. The van der Waals surface area contributed by atoms with Crippen molar-refractivity contribution >= 4 is 34.5 Å². The molecule has 0 spiro atoms. The van der Waals surface area contributed by atoms with Crippen LogP contribution in [0.5, 0.6) is 0 Å². The van der Waals surface area contributed by atoms with E-state index in [1.165, 1.54) is 17.7 Å². The lowest BCUT2D eigenvalue weighted by atomic mass is 10.2. The van der Waals surface area contributed by atoms with Crippen LogP contribution in [0.25, 0.3) is 16.5 Å². The van der Waals surface area contributed by atoms with Crippen molar-refractivity contribution in [3.63, 3.8) is 0 Å². The van der Waals surface area contributed by atoms with Gasteiger partial charge in [-0.25, -0.2) is 14.6 Å². The highest BCUT2D eigenvalue weighted by molar-refractivity contribution is 7.13. The van der Waals surface area contributed by atoms with Crippen LogP contribution in [0.4, 0.5) is 5.69 Å². The summed E-state index contributed by atoms with van der Waals surface area (Å²) in [5, 5.41) is 10.0. The topological polar surface area (TPSA) is 85.8 Å². The molecule has 26 heavy (non-hydrogen) atoms. The van der Waals surface area contributed by atoms with Gasteiger partial charge in [-0.3, -0.25) is 4.79 Å². The molecule has 7 nitrogen and oxygen atoms in total. The largest absolute Gasteiger partial charge is 0.462 e. The summed E-state index contributed by atoms with van der Waals surface area (Å²) in [5.74, 6) is 0.481. The number of hydrogen-bond acceptors (Lipinski definition) is 6. The zero-order valence-corrected chi connectivity index (χ0v) is 14.9. The third-order valence-corrected chi connectivity index (χ3v) is 4.66. The molecule has 0 saturated carbocycles. The summed E-state index contributed by atoms with van der Waals surface area (Å²) >= 11 is 7.50. The van der Waals surface area contributed by atoms with E-state index in [4.69, 9.17) is 16.0 Å². The molecule has 0 fully saturated rings. The molecule has 0 aliphatic rings. The average Bonchev–Trinajstić information content (AvgIpc) is 3.37. The molecule has 1 aromatic carbocycles. The van der Waals surface area contributed by atoms with Gasteiger partial charge in [-0.2, -0.15) is 5.10 Å². The Bertz CT molecular complexity index is 1030. The van der Waals surface area contributed by atoms with E-state index in [1.54, 1.807) is 41.5 Å². The van der Waals surface area contributed by atoms with E-state index in [2.05, 4.69) is 20.4 Å². The number of amides is 1. The Hall–Kier alpha value is -2.97. The Morgan fingerprint density at radius 1 is 1.35 bits per heavy atom. The van der Waals surface area contributed by atoms with Crippen LogP contribution in [-0.2, 0) is 11.2 Å². The molecular formula is C17H12ClN5O2S. The van der Waals surface area contributed by atoms with E-state index in [0.29, 0.717) is 27.9 Å². The maximum atomic E-state index is 12.5. The SMILES string of the molecule is O=C(Cc1csc(-c2ccco2)n1)Nc1cc(Cl)ccc1-n1cncn1. The maximum absolute atomic E-state index is 12.5. The molecule has 0 aliphatic heterocycles. The molecule has 1 N–H and O–H groups in total. The van der Waals surface area contributed by atoms with E-state index in [0.717, 1.165) is 5.01 Å². The number of rotatable bonds is 5. The second-order valence-corrected chi connectivity index (χ2v) is 6.64. The van der Waals surface area contributed by atoms with Crippen molar-refractivity contribution in [3.8, 4) is 16.5 Å². The monoisotopic (exact) mass is 385 g/mol. The summed E-state index contributed by atoms with van der Waals surface area (Å²) in [6, 6.07) is 8.80.